The van der Waals surface area contributed by atoms with Gasteiger partial charge in [0.2, 0.25) is 27.7 Å². The SMILES string of the molecule is CC(C)(C)OC(=O)N[C@H]1CCCCC/C=C\[C@@H]2C[C@@]2(C(=O)NS(=O)(=O)C2CC2)NC(=O)[C@@H]2C[C@@H](Oc3nc4ccccc4nc3-c3ccccc3)CN2C1=O. The lowest BCUT2D eigenvalue weighted by Gasteiger charge is -2.30. The molecule has 2 aromatic carbocycles. The smallest absolute Gasteiger partial charge is 0.408 e. The first-order valence-electron chi connectivity index (χ1n) is 19.1. The van der Waals surface area contributed by atoms with Gasteiger partial charge in [0, 0.05) is 17.9 Å². The van der Waals surface area contributed by atoms with E-state index in [-0.39, 0.29) is 25.3 Å². The zero-order valence-electron chi connectivity index (χ0n) is 31.3. The third-order valence-corrected chi connectivity index (χ3v) is 12.2. The van der Waals surface area contributed by atoms with Crippen LogP contribution in [0.3, 0.4) is 0 Å². The average molecular weight is 773 g/mol. The molecule has 4 aliphatic rings. The van der Waals surface area contributed by atoms with Crippen molar-refractivity contribution in [1.29, 1.82) is 0 Å². The van der Waals surface area contributed by atoms with Crippen LogP contribution in [0.4, 0.5) is 4.79 Å². The van der Waals surface area contributed by atoms with Crippen molar-refractivity contribution in [3.05, 3.63) is 66.7 Å². The predicted octanol–water partition coefficient (Wildman–Crippen LogP) is 4.54. The normalized spacial score (nSPS) is 26.7. The van der Waals surface area contributed by atoms with Crippen LogP contribution in [0, 0.1) is 5.92 Å². The highest BCUT2D eigenvalue weighted by molar-refractivity contribution is 7.91. The number of rotatable bonds is 7. The lowest BCUT2D eigenvalue weighted by atomic mass is 10.0. The Hall–Kier alpha value is -5.05. The maximum Gasteiger partial charge on any atom is 0.408 e. The fraction of sp³-hybridized carbons (Fsp3) is 0.500. The van der Waals surface area contributed by atoms with Gasteiger partial charge in [0.05, 0.1) is 22.8 Å². The van der Waals surface area contributed by atoms with Crippen LogP contribution in [0.1, 0.15) is 78.6 Å². The van der Waals surface area contributed by atoms with E-state index >= 15 is 0 Å². The van der Waals surface area contributed by atoms with E-state index in [1.165, 1.54) is 4.90 Å². The van der Waals surface area contributed by atoms with E-state index in [2.05, 4.69) is 15.4 Å². The minimum Gasteiger partial charge on any atom is -0.471 e. The zero-order chi connectivity index (χ0) is 39.0. The molecule has 0 radical (unpaired) electrons. The maximum atomic E-state index is 14.6. The molecule has 0 spiro atoms. The summed E-state index contributed by atoms with van der Waals surface area (Å²) in [6.07, 6.45) is 6.65. The van der Waals surface area contributed by atoms with Crippen LogP contribution in [-0.2, 0) is 29.1 Å². The molecule has 3 aromatic rings. The van der Waals surface area contributed by atoms with Gasteiger partial charge in [-0.3, -0.25) is 19.1 Å². The molecule has 0 bridgehead atoms. The molecule has 15 heteroatoms. The van der Waals surface area contributed by atoms with Crippen LogP contribution in [0.15, 0.2) is 66.7 Å². The van der Waals surface area contributed by atoms with Gasteiger partial charge < -0.3 is 25.0 Å². The van der Waals surface area contributed by atoms with Crippen LogP contribution in [-0.4, -0.2) is 88.2 Å². The summed E-state index contributed by atoms with van der Waals surface area (Å²) in [6, 6.07) is 14.7. The van der Waals surface area contributed by atoms with Crippen LogP contribution in [0.5, 0.6) is 5.88 Å². The number of carbonyl (C=O) groups is 4. The number of sulfonamides is 1. The van der Waals surface area contributed by atoms with Crippen molar-refractivity contribution >= 4 is 44.9 Å². The Bertz CT molecular complexity index is 2100. The molecule has 3 heterocycles. The molecule has 2 aliphatic carbocycles. The molecule has 4 amide bonds. The van der Waals surface area contributed by atoms with Gasteiger partial charge in [0.25, 0.3) is 5.91 Å². The Labute approximate surface area is 320 Å². The van der Waals surface area contributed by atoms with Crippen molar-refractivity contribution in [2.24, 2.45) is 5.92 Å². The van der Waals surface area contributed by atoms with Crippen molar-refractivity contribution in [3.8, 4) is 17.1 Å². The maximum absolute atomic E-state index is 14.6. The molecule has 7 rings (SSSR count). The van der Waals surface area contributed by atoms with Crippen LogP contribution >= 0.6 is 0 Å². The third-order valence-electron chi connectivity index (χ3n) is 10.4. The number of ether oxygens (including phenoxy) is 2. The van der Waals surface area contributed by atoms with Crippen molar-refractivity contribution < 1.29 is 37.1 Å². The van der Waals surface area contributed by atoms with Crippen LogP contribution < -0.4 is 20.1 Å². The van der Waals surface area contributed by atoms with Crippen LogP contribution in [0.25, 0.3) is 22.3 Å². The molecule has 3 N–H and O–H groups in total. The number of hydrogen-bond acceptors (Lipinski definition) is 10. The highest BCUT2D eigenvalue weighted by atomic mass is 32.2. The fourth-order valence-corrected chi connectivity index (χ4v) is 8.67. The van der Waals surface area contributed by atoms with Gasteiger partial charge in [-0.05, 0) is 71.4 Å². The first-order chi connectivity index (χ1) is 26.2. The van der Waals surface area contributed by atoms with Crippen molar-refractivity contribution in [1.82, 2.24) is 30.2 Å². The largest absolute Gasteiger partial charge is 0.471 e. The fourth-order valence-electron chi connectivity index (χ4n) is 7.31. The van der Waals surface area contributed by atoms with Gasteiger partial charge in [-0.1, -0.05) is 67.5 Å². The summed E-state index contributed by atoms with van der Waals surface area (Å²) in [7, 11) is -3.90. The number of alkyl carbamates (subject to hydrolysis) is 1. The molecule has 3 fully saturated rings. The highest BCUT2D eigenvalue weighted by Gasteiger charge is 2.62. The van der Waals surface area contributed by atoms with E-state index < -0.39 is 74.3 Å². The Morgan fingerprint density at radius 3 is 2.36 bits per heavy atom. The average Bonchev–Trinajstić information content (AvgIpc) is 4.06. The number of aromatic nitrogens is 2. The number of benzene rings is 2. The van der Waals surface area contributed by atoms with E-state index in [1.807, 2.05) is 66.7 Å². The summed E-state index contributed by atoms with van der Waals surface area (Å²) in [4.78, 5) is 66.9. The standard InChI is InChI=1S/C40H48N6O8S/c1-39(2,3)54-38(50)43-31-19-11-6-4-5-10-16-26-23-40(26,37(49)45-55(51,52)28-20-21-28)44-34(47)32-22-27(24-46(32)36(31)48)53-35-33(25-14-8-7-9-15-25)41-29-17-12-13-18-30(29)42-35/h7-10,12-18,26-28,31-32H,4-6,11,19-24H2,1-3H3,(H,43,50)(H,44,47)(H,45,49)/b16-10-/t26-,27-,31+,32+,40-/m1/s1. The molecule has 0 unspecified atom stereocenters. The number of carbonyl (C=O) groups excluding carboxylic acids is 4. The Morgan fingerprint density at radius 2 is 1.65 bits per heavy atom. The third kappa shape index (κ3) is 8.77. The number of hydrogen-bond donors (Lipinski definition) is 3. The molecular formula is C40H48N6O8S. The van der Waals surface area contributed by atoms with Gasteiger partial charge >= 0.3 is 6.09 Å². The predicted molar refractivity (Wildman–Crippen MR) is 204 cm³/mol. The van der Waals surface area contributed by atoms with Gasteiger partial charge in [0.1, 0.15) is 35.0 Å². The second-order valence-electron chi connectivity index (χ2n) is 15.9. The summed E-state index contributed by atoms with van der Waals surface area (Å²) >= 11 is 0. The van der Waals surface area contributed by atoms with Crippen LogP contribution in [0.2, 0.25) is 0 Å². The van der Waals surface area contributed by atoms with Crippen molar-refractivity contribution in [2.45, 2.75) is 113 Å². The summed E-state index contributed by atoms with van der Waals surface area (Å²) in [5.41, 5.74) is 0.196. The van der Waals surface area contributed by atoms with Gasteiger partial charge in [-0.15, -0.1) is 0 Å². The molecule has 55 heavy (non-hydrogen) atoms. The molecule has 5 atom stereocenters. The van der Waals surface area contributed by atoms with Gasteiger partial charge in [-0.2, -0.15) is 0 Å². The molecule has 292 valence electrons. The summed E-state index contributed by atoms with van der Waals surface area (Å²) in [6.45, 7) is 5.15. The Balaban J connectivity index is 1.22. The minimum atomic E-state index is -3.90. The Kier molecular flexibility index (Phi) is 10.6. The molecule has 1 saturated heterocycles. The molecule has 2 saturated carbocycles. The number of para-hydroxylation sites is 2. The first kappa shape index (κ1) is 38.2. The van der Waals surface area contributed by atoms with E-state index in [1.54, 1.807) is 20.8 Å². The monoisotopic (exact) mass is 772 g/mol. The van der Waals surface area contributed by atoms with Gasteiger partial charge in [0.15, 0.2) is 0 Å². The molecule has 2 aliphatic heterocycles. The summed E-state index contributed by atoms with van der Waals surface area (Å²) < 4.78 is 40.0. The molecule has 14 nitrogen and oxygen atoms in total. The minimum absolute atomic E-state index is 0.0258. The number of allylic oxidation sites excluding steroid dienone is 1. The second kappa shape index (κ2) is 15.2. The lowest BCUT2D eigenvalue weighted by Crippen LogP contribution is -2.58. The number of nitrogens with zero attached hydrogens (tertiary/aromatic N) is 3. The first-order valence-corrected chi connectivity index (χ1v) is 20.6. The van der Waals surface area contributed by atoms with Crippen molar-refractivity contribution in [3.63, 3.8) is 0 Å². The Morgan fingerprint density at radius 1 is 0.945 bits per heavy atom. The van der Waals surface area contributed by atoms with Crippen molar-refractivity contribution in [2.75, 3.05) is 6.54 Å². The highest BCUT2D eigenvalue weighted by Crippen LogP contribution is 2.46. The lowest BCUT2D eigenvalue weighted by molar-refractivity contribution is -0.141. The zero-order valence-corrected chi connectivity index (χ0v) is 32.1. The topological polar surface area (TPSA) is 186 Å². The summed E-state index contributed by atoms with van der Waals surface area (Å²) in [5, 5.41) is 5.01. The molecular weight excluding hydrogens is 725 g/mol. The van der Waals surface area contributed by atoms with E-state index in [0.717, 1.165) is 18.4 Å². The number of nitrogens with one attached hydrogen (secondary N) is 3. The quantitative estimate of drug-likeness (QED) is 0.288. The second-order valence-corrected chi connectivity index (χ2v) is 17.9. The number of amides is 4. The van der Waals surface area contributed by atoms with E-state index in [4.69, 9.17) is 19.4 Å². The van der Waals surface area contributed by atoms with E-state index in [0.29, 0.717) is 48.8 Å². The molecule has 1 aromatic heterocycles. The van der Waals surface area contributed by atoms with E-state index in [9.17, 15) is 27.6 Å². The van der Waals surface area contributed by atoms with Gasteiger partial charge in [-0.25, -0.2) is 23.2 Å². The summed E-state index contributed by atoms with van der Waals surface area (Å²) in [5.74, 6) is -2.13. The number of fused-ring (bicyclic) bond motifs is 3.